The molecule has 1 aromatic carbocycles. The standard InChI is InChI=1S/C25H28N6O4/c1-4-31-19-8-5-9-27-17(19)13-20(31)23-28-18-11-15(12-21(34-3)22(18)29(23)2)24(32)30-10-6-7-16(14-30)35-25(26)33/h5,8-9,11-13,16H,4,6-7,10,14H2,1-3H3,(H2,26,33). The number of hydrogen-bond donors (Lipinski definition) is 1. The van der Waals surface area contributed by atoms with Gasteiger partial charge in [0.05, 0.1) is 35.9 Å². The molecule has 35 heavy (non-hydrogen) atoms. The number of carbonyl (C=O) groups excluding carboxylic acids is 2. The van der Waals surface area contributed by atoms with Crippen LogP contribution in [0, 0.1) is 0 Å². The van der Waals surface area contributed by atoms with Gasteiger partial charge in [0.25, 0.3) is 5.91 Å². The lowest BCUT2D eigenvalue weighted by Crippen LogP contribution is -2.44. The minimum Gasteiger partial charge on any atom is -0.494 e. The van der Waals surface area contributed by atoms with E-state index in [0.717, 1.165) is 41.0 Å². The fourth-order valence-electron chi connectivity index (χ4n) is 5.00. The van der Waals surface area contributed by atoms with Crippen LogP contribution in [-0.4, -0.2) is 62.3 Å². The maximum absolute atomic E-state index is 13.4. The summed E-state index contributed by atoms with van der Waals surface area (Å²) < 4.78 is 15.0. The van der Waals surface area contributed by atoms with Gasteiger partial charge in [-0.3, -0.25) is 9.78 Å². The van der Waals surface area contributed by atoms with Crippen molar-refractivity contribution in [3.05, 3.63) is 42.1 Å². The van der Waals surface area contributed by atoms with Crippen molar-refractivity contribution in [3.63, 3.8) is 0 Å². The zero-order chi connectivity index (χ0) is 24.7. The molecule has 3 aromatic heterocycles. The van der Waals surface area contributed by atoms with E-state index in [1.807, 2.05) is 29.8 Å². The molecular formula is C25H28N6O4. The Hall–Kier alpha value is -4.08. The van der Waals surface area contributed by atoms with Crippen LogP contribution in [0.2, 0.25) is 0 Å². The summed E-state index contributed by atoms with van der Waals surface area (Å²) in [5.41, 5.74) is 9.98. The minimum absolute atomic E-state index is 0.165. The van der Waals surface area contributed by atoms with Gasteiger partial charge in [-0.2, -0.15) is 0 Å². The highest BCUT2D eigenvalue weighted by Gasteiger charge is 2.28. The van der Waals surface area contributed by atoms with Gasteiger partial charge in [-0.1, -0.05) is 0 Å². The SMILES string of the molecule is CCn1c(-c2nc3cc(C(=O)N4CCCC(OC(N)=O)C4)cc(OC)c3n2C)cc2ncccc21. The van der Waals surface area contributed by atoms with E-state index in [-0.39, 0.29) is 5.91 Å². The molecule has 1 unspecified atom stereocenters. The summed E-state index contributed by atoms with van der Waals surface area (Å²) in [6.07, 6.45) is 1.96. The van der Waals surface area contributed by atoms with Crippen molar-refractivity contribution in [2.24, 2.45) is 12.8 Å². The third-order valence-electron chi connectivity index (χ3n) is 6.57. The third-order valence-corrected chi connectivity index (χ3v) is 6.57. The number of piperidine rings is 1. The number of rotatable bonds is 5. The first kappa shape index (κ1) is 22.7. The summed E-state index contributed by atoms with van der Waals surface area (Å²) in [5.74, 6) is 1.16. The molecule has 182 valence electrons. The number of benzene rings is 1. The van der Waals surface area contributed by atoms with Crippen LogP contribution < -0.4 is 10.5 Å². The van der Waals surface area contributed by atoms with E-state index in [4.69, 9.17) is 20.2 Å². The molecule has 10 nitrogen and oxygen atoms in total. The Labute approximate surface area is 202 Å². The third kappa shape index (κ3) is 3.94. The van der Waals surface area contributed by atoms with E-state index in [1.165, 1.54) is 0 Å². The first-order chi connectivity index (χ1) is 16.9. The summed E-state index contributed by atoms with van der Waals surface area (Å²) in [6, 6.07) is 9.53. The Morgan fingerprint density at radius 2 is 2.06 bits per heavy atom. The van der Waals surface area contributed by atoms with Gasteiger partial charge in [0, 0.05) is 31.9 Å². The molecule has 1 aliphatic rings. The van der Waals surface area contributed by atoms with Crippen molar-refractivity contribution in [2.75, 3.05) is 20.2 Å². The highest BCUT2D eigenvalue weighted by Crippen LogP contribution is 2.34. The normalized spacial score (nSPS) is 16.1. The predicted molar refractivity (Wildman–Crippen MR) is 131 cm³/mol. The Bertz CT molecular complexity index is 1440. The van der Waals surface area contributed by atoms with Crippen LogP contribution in [0.3, 0.4) is 0 Å². The summed E-state index contributed by atoms with van der Waals surface area (Å²) in [6.45, 7) is 3.73. The van der Waals surface area contributed by atoms with Gasteiger partial charge in [0.15, 0.2) is 5.82 Å². The van der Waals surface area contributed by atoms with E-state index in [1.54, 1.807) is 30.3 Å². The molecule has 0 spiro atoms. The monoisotopic (exact) mass is 476 g/mol. The fourth-order valence-corrected chi connectivity index (χ4v) is 5.00. The quantitative estimate of drug-likeness (QED) is 0.472. The maximum atomic E-state index is 13.4. The number of primary amides is 1. The number of methoxy groups -OCH3 is 1. The number of hydrogen-bond acceptors (Lipinski definition) is 6. The average molecular weight is 477 g/mol. The van der Waals surface area contributed by atoms with Gasteiger partial charge in [-0.25, -0.2) is 9.78 Å². The lowest BCUT2D eigenvalue weighted by Gasteiger charge is -2.32. The van der Waals surface area contributed by atoms with Gasteiger partial charge >= 0.3 is 6.09 Å². The second-order valence-corrected chi connectivity index (χ2v) is 8.67. The van der Waals surface area contributed by atoms with Crippen LogP contribution in [0.25, 0.3) is 33.6 Å². The van der Waals surface area contributed by atoms with Crippen LogP contribution in [-0.2, 0) is 18.3 Å². The number of amides is 2. The molecule has 5 rings (SSSR count). The number of ether oxygens (including phenoxy) is 2. The van der Waals surface area contributed by atoms with Crippen molar-refractivity contribution in [1.29, 1.82) is 0 Å². The van der Waals surface area contributed by atoms with E-state index >= 15 is 0 Å². The second kappa shape index (κ2) is 8.94. The number of fused-ring (bicyclic) bond motifs is 2. The lowest BCUT2D eigenvalue weighted by molar-refractivity contribution is 0.0373. The summed E-state index contributed by atoms with van der Waals surface area (Å²) in [5, 5.41) is 0. The van der Waals surface area contributed by atoms with Crippen molar-refractivity contribution >= 4 is 34.1 Å². The number of nitrogens with two attached hydrogens (primary N) is 1. The molecule has 1 aliphatic heterocycles. The summed E-state index contributed by atoms with van der Waals surface area (Å²) in [7, 11) is 3.52. The molecule has 4 heterocycles. The highest BCUT2D eigenvalue weighted by molar-refractivity contribution is 6.00. The van der Waals surface area contributed by atoms with Crippen molar-refractivity contribution in [2.45, 2.75) is 32.4 Å². The number of carbonyl (C=O) groups is 2. The Morgan fingerprint density at radius 1 is 1.23 bits per heavy atom. The predicted octanol–water partition coefficient (Wildman–Crippen LogP) is 3.32. The van der Waals surface area contributed by atoms with Crippen molar-refractivity contribution < 1.29 is 19.1 Å². The zero-order valence-electron chi connectivity index (χ0n) is 20.0. The molecule has 4 aromatic rings. The zero-order valence-corrected chi connectivity index (χ0v) is 20.0. The Balaban J connectivity index is 1.56. The highest BCUT2D eigenvalue weighted by atomic mass is 16.6. The van der Waals surface area contributed by atoms with Crippen LogP contribution in [0.5, 0.6) is 5.75 Å². The van der Waals surface area contributed by atoms with E-state index in [0.29, 0.717) is 36.3 Å². The van der Waals surface area contributed by atoms with Crippen LogP contribution in [0.4, 0.5) is 4.79 Å². The number of aromatic nitrogens is 4. The van der Waals surface area contributed by atoms with Crippen LogP contribution in [0.1, 0.15) is 30.1 Å². The average Bonchev–Trinajstić information content (AvgIpc) is 3.39. The van der Waals surface area contributed by atoms with Gasteiger partial charge in [0.1, 0.15) is 17.4 Å². The van der Waals surface area contributed by atoms with E-state index in [9.17, 15) is 9.59 Å². The fraction of sp³-hybridized carbons (Fsp3) is 0.360. The Kier molecular flexibility index (Phi) is 5.80. The van der Waals surface area contributed by atoms with Gasteiger partial charge in [-0.15, -0.1) is 0 Å². The molecule has 10 heteroatoms. The van der Waals surface area contributed by atoms with E-state index < -0.39 is 12.2 Å². The minimum atomic E-state index is -0.826. The molecule has 2 N–H and O–H groups in total. The van der Waals surface area contributed by atoms with Gasteiger partial charge in [-0.05, 0) is 50.1 Å². The smallest absolute Gasteiger partial charge is 0.404 e. The molecule has 0 bridgehead atoms. The molecule has 1 saturated heterocycles. The Morgan fingerprint density at radius 3 is 2.80 bits per heavy atom. The number of likely N-dealkylation sites (tertiary alicyclic amines) is 1. The number of aryl methyl sites for hydroxylation is 2. The van der Waals surface area contributed by atoms with Crippen LogP contribution >= 0.6 is 0 Å². The molecule has 0 saturated carbocycles. The molecule has 1 fully saturated rings. The number of pyridine rings is 1. The molecular weight excluding hydrogens is 448 g/mol. The summed E-state index contributed by atoms with van der Waals surface area (Å²) >= 11 is 0. The number of nitrogens with zero attached hydrogens (tertiary/aromatic N) is 5. The van der Waals surface area contributed by atoms with Crippen LogP contribution in [0.15, 0.2) is 36.5 Å². The summed E-state index contributed by atoms with van der Waals surface area (Å²) in [4.78, 5) is 35.6. The first-order valence-corrected chi connectivity index (χ1v) is 11.7. The second-order valence-electron chi connectivity index (χ2n) is 8.67. The molecule has 0 aliphatic carbocycles. The van der Waals surface area contributed by atoms with Crippen molar-refractivity contribution in [1.82, 2.24) is 24.0 Å². The van der Waals surface area contributed by atoms with Gasteiger partial charge < -0.3 is 29.2 Å². The number of imidazole rings is 1. The largest absolute Gasteiger partial charge is 0.494 e. The molecule has 2 amide bonds. The maximum Gasteiger partial charge on any atom is 0.404 e. The molecule has 0 radical (unpaired) electrons. The first-order valence-electron chi connectivity index (χ1n) is 11.7. The van der Waals surface area contributed by atoms with Gasteiger partial charge in [0.2, 0.25) is 0 Å². The van der Waals surface area contributed by atoms with E-state index in [2.05, 4.69) is 16.5 Å². The topological polar surface area (TPSA) is 117 Å². The lowest BCUT2D eigenvalue weighted by atomic mass is 10.1. The molecule has 1 atom stereocenters. The van der Waals surface area contributed by atoms with Crippen molar-refractivity contribution in [3.8, 4) is 17.3 Å².